The minimum absolute atomic E-state index is 0.544. The Kier molecular flexibility index (Phi) is 3.29. The largest absolute Gasteiger partial charge is 0.483 e. The highest BCUT2D eigenvalue weighted by Gasteiger charge is 2.22. The van der Waals surface area contributed by atoms with E-state index in [1.54, 1.807) is 0 Å². The van der Waals surface area contributed by atoms with Crippen molar-refractivity contribution in [1.29, 1.82) is 0 Å². The molecular weight excluding hydrogens is 240 g/mol. The number of ether oxygens (including phenoxy) is 1. The third-order valence-corrected chi connectivity index (χ3v) is 3.77. The molecule has 1 aromatic carbocycles. The number of hydrogen-bond donors (Lipinski definition) is 1. The first-order valence-electron chi connectivity index (χ1n) is 6.83. The summed E-state index contributed by atoms with van der Waals surface area (Å²) < 4.78 is 5.76. The average Bonchev–Trinajstić information content (AvgIpc) is 2.47. The second kappa shape index (κ2) is 5.09. The maximum Gasteiger partial charge on any atom is 0.147 e. The molecule has 5 heteroatoms. The lowest BCUT2D eigenvalue weighted by Crippen LogP contribution is -2.50. The molecule has 1 aromatic rings. The molecule has 2 aliphatic rings. The lowest BCUT2D eigenvalue weighted by molar-refractivity contribution is 0.183. The van der Waals surface area contributed by atoms with Gasteiger partial charge in [0.1, 0.15) is 23.9 Å². The molecule has 1 saturated heterocycles. The van der Waals surface area contributed by atoms with Gasteiger partial charge >= 0.3 is 0 Å². The first-order chi connectivity index (χ1) is 9.26. The van der Waals surface area contributed by atoms with Crippen molar-refractivity contribution < 1.29 is 4.74 Å². The van der Waals surface area contributed by atoms with Crippen LogP contribution in [0.5, 0.6) is 5.75 Å². The van der Waals surface area contributed by atoms with Gasteiger partial charge in [-0.3, -0.25) is 0 Å². The fourth-order valence-electron chi connectivity index (χ4n) is 2.54. The van der Waals surface area contributed by atoms with Gasteiger partial charge < -0.3 is 20.3 Å². The minimum atomic E-state index is 0.544. The van der Waals surface area contributed by atoms with E-state index in [4.69, 9.17) is 15.5 Å². The number of fused-ring (bicyclic) bond motifs is 1. The van der Waals surface area contributed by atoms with Crippen LogP contribution in [0.15, 0.2) is 23.2 Å². The highest BCUT2D eigenvalue weighted by Crippen LogP contribution is 2.32. The van der Waals surface area contributed by atoms with Gasteiger partial charge in [-0.2, -0.15) is 0 Å². The number of anilines is 1. The van der Waals surface area contributed by atoms with Crippen molar-refractivity contribution in [2.24, 2.45) is 4.99 Å². The highest BCUT2D eigenvalue weighted by atomic mass is 16.5. The molecule has 0 unspecified atom stereocenters. The van der Waals surface area contributed by atoms with Gasteiger partial charge in [-0.05, 0) is 18.7 Å². The first-order valence-corrected chi connectivity index (χ1v) is 6.83. The number of benzene rings is 1. The SMILES string of the molecule is CCN1CCN(C2=Nc3ccc(N)cc3OC2)CC1. The summed E-state index contributed by atoms with van der Waals surface area (Å²) in [6, 6.07) is 5.63. The third-order valence-electron chi connectivity index (χ3n) is 3.77. The molecule has 3 rings (SSSR count). The number of hydrogen-bond acceptors (Lipinski definition) is 5. The van der Waals surface area contributed by atoms with Crippen LogP contribution in [-0.2, 0) is 0 Å². The van der Waals surface area contributed by atoms with E-state index in [1.165, 1.54) is 0 Å². The van der Waals surface area contributed by atoms with Gasteiger partial charge in [0, 0.05) is 37.9 Å². The van der Waals surface area contributed by atoms with E-state index in [0.29, 0.717) is 12.3 Å². The quantitative estimate of drug-likeness (QED) is 0.774. The molecule has 0 atom stereocenters. The summed E-state index contributed by atoms with van der Waals surface area (Å²) in [6.07, 6.45) is 0. The van der Waals surface area contributed by atoms with Gasteiger partial charge in [-0.25, -0.2) is 4.99 Å². The summed E-state index contributed by atoms with van der Waals surface area (Å²) in [5.41, 5.74) is 7.34. The number of piperazine rings is 1. The van der Waals surface area contributed by atoms with Crippen molar-refractivity contribution in [3.63, 3.8) is 0 Å². The van der Waals surface area contributed by atoms with Crippen LogP contribution < -0.4 is 10.5 Å². The summed E-state index contributed by atoms with van der Waals surface area (Å²) in [5, 5.41) is 0. The molecule has 1 fully saturated rings. The molecule has 0 aliphatic carbocycles. The molecule has 2 aliphatic heterocycles. The van der Waals surface area contributed by atoms with E-state index in [9.17, 15) is 0 Å². The van der Waals surface area contributed by atoms with E-state index < -0.39 is 0 Å². The van der Waals surface area contributed by atoms with E-state index >= 15 is 0 Å². The Bertz CT molecular complexity index is 492. The number of nitrogens with two attached hydrogens (primary N) is 1. The van der Waals surface area contributed by atoms with Gasteiger partial charge in [-0.1, -0.05) is 6.92 Å². The Labute approximate surface area is 113 Å². The molecular formula is C14H20N4O. The standard InChI is InChI=1S/C14H20N4O/c1-2-17-5-7-18(8-6-17)14-10-19-13-9-11(15)3-4-12(13)16-14/h3-4,9H,2,5-8,10,15H2,1H3. The molecule has 2 heterocycles. The summed E-state index contributed by atoms with van der Waals surface area (Å²) in [5.74, 6) is 1.82. The molecule has 0 radical (unpaired) electrons. The van der Waals surface area contributed by atoms with Crippen LogP contribution in [0.2, 0.25) is 0 Å². The number of nitrogens with zero attached hydrogens (tertiary/aromatic N) is 3. The lowest BCUT2D eigenvalue weighted by Gasteiger charge is -2.36. The Morgan fingerprint density at radius 1 is 1.26 bits per heavy atom. The summed E-state index contributed by atoms with van der Waals surface area (Å²) in [4.78, 5) is 9.48. The molecule has 19 heavy (non-hydrogen) atoms. The van der Waals surface area contributed by atoms with Gasteiger partial charge in [0.15, 0.2) is 0 Å². The zero-order valence-corrected chi connectivity index (χ0v) is 11.3. The number of likely N-dealkylation sites (N-methyl/N-ethyl adjacent to an activating group) is 1. The molecule has 0 saturated carbocycles. The van der Waals surface area contributed by atoms with Crippen molar-refractivity contribution in [1.82, 2.24) is 9.80 Å². The fourth-order valence-corrected chi connectivity index (χ4v) is 2.54. The molecule has 102 valence electrons. The third kappa shape index (κ3) is 2.51. The van der Waals surface area contributed by atoms with Crippen LogP contribution in [0.3, 0.4) is 0 Å². The van der Waals surface area contributed by atoms with Gasteiger partial charge in [0.05, 0.1) is 0 Å². The molecule has 0 spiro atoms. The van der Waals surface area contributed by atoms with E-state index in [1.807, 2.05) is 18.2 Å². The zero-order valence-electron chi connectivity index (χ0n) is 11.3. The fraction of sp³-hybridized carbons (Fsp3) is 0.500. The zero-order chi connectivity index (χ0) is 13.2. The van der Waals surface area contributed by atoms with Gasteiger partial charge in [-0.15, -0.1) is 0 Å². The number of amidine groups is 1. The molecule has 2 N–H and O–H groups in total. The second-order valence-electron chi connectivity index (χ2n) is 4.97. The topological polar surface area (TPSA) is 54.1 Å². The number of nitrogen functional groups attached to an aromatic ring is 1. The van der Waals surface area contributed by atoms with Crippen molar-refractivity contribution in [3.05, 3.63) is 18.2 Å². The first kappa shape index (κ1) is 12.3. The minimum Gasteiger partial charge on any atom is -0.483 e. The molecule has 0 amide bonds. The van der Waals surface area contributed by atoms with Crippen LogP contribution in [0.4, 0.5) is 11.4 Å². The van der Waals surface area contributed by atoms with Gasteiger partial charge in [0.25, 0.3) is 0 Å². The normalized spacial score (nSPS) is 19.6. The Morgan fingerprint density at radius 3 is 2.79 bits per heavy atom. The summed E-state index contributed by atoms with van der Waals surface area (Å²) in [6.45, 7) is 8.13. The van der Waals surface area contributed by atoms with Crippen molar-refractivity contribution in [2.45, 2.75) is 6.92 Å². The number of aliphatic imine (C=N–C) groups is 1. The van der Waals surface area contributed by atoms with Crippen molar-refractivity contribution in [2.75, 3.05) is 45.1 Å². The summed E-state index contributed by atoms with van der Waals surface area (Å²) in [7, 11) is 0. The van der Waals surface area contributed by atoms with E-state index in [2.05, 4.69) is 16.7 Å². The molecule has 5 nitrogen and oxygen atoms in total. The van der Waals surface area contributed by atoms with Crippen LogP contribution in [0.25, 0.3) is 0 Å². The Balaban J connectivity index is 1.75. The maximum absolute atomic E-state index is 5.76. The van der Waals surface area contributed by atoms with E-state index in [0.717, 1.165) is 50.0 Å². The van der Waals surface area contributed by atoms with E-state index in [-0.39, 0.29) is 0 Å². The Morgan fingerprint density at radius 2 is 2.05 bits per heavy atom. The molecule has 0 bridgehead atoms. The Hall–Kier alpha value is -1.75. The predicted octanol–water partition coefficient (Wildman–Crippen LogP) is 1.33. The van der Waals surface area contributed by atoms with Crippen molar-refractivity contribution in [3.8, 4) is 5.75 Å². The van der Waals surface area contributed by atoms with Crippen LogP contribution in [0, 0.1) is 0 Å². The van der Waals surface area contributed by atoms with Crippen LogP contribution >= 0.6 is 0 Å². The summed E-state index contributed by atoms with van der Waals surface area (Å²) >= 11 is 0. The monoisotopic (exact) mass is 260 g/mol. The van der Waals surface area contributed by atoms with Gasteiger partial charge in [0.2, 0.25) is 0 Å². The molecule has 0 aromatic heterocycles. The predicted molar refractivity (Wildman–Crippen MR) is 77.1 cm³/mol. The lowest BCUT2D eigenvalue weighted by atomic mass is 10.2. The number of rotatable bonds is 1. The highest BCUT2D eigenvalue weighted by molar-refractivity contribution is 5.89. The second-order valence-corrected chi connectivity index (χ2v) is 4.97. The average molecular weight is 260 g/mol. The van der Waals surface area contributed by atoms with Crippen LogP contribution in [-0.4, -0.2) is 55.0 Å². The maximum atomic E-state index is 5.76. The smallest absolute Gasteiger partial charge is 0.147 e. The van der Waals surface area contributed by atoms with Crippen molar-refractivity contribution >= 4 is 17.2 Å². The van der Waals surface area contributed by atoms with Crippen LogP contribution in [0.1, 0.15) is 6.92 Å².